The Hall–Kier alpha value is -3.48. The number of rotatable bonds is 8. The normalized spacial score (nSPS) is 15.2. The first-order chi connectivity index (χ1) is 17.6. The number of nitrogens with zero attached hydrogens (tertiary/aromatic N) is 2. The van der Waals surface area contributed by atoms with Crippen molar-refractivity contribution in [2.24, 2.45) is 5.92 Å². The maximum Gasteiger partial charge on any atom is 0.263 e. The number of ether oxygens (including phenoxy) is 1. The number of hydrogen-bond acceptors (Lipinski definition) is 7. The van der Waals surface area contributed by atoms with Crippen LogP contribution in [-0.2, 0) is 20.0 Å². The zero-order valence-corrected chi connectivity index (χ0v) is 22.1. The molecule has 12 heteroatoms. The molecule has 0 spiro atoms. The van der Waals surface area contributed by atoms with Crippen molar-refractivity contribution in [2.45, 2.75) is 29.6 Å². The molecule has 0 radical (unpaired) electrons. The van der Waals surface area contributed by atoms with E-state index < -0.39 is 26.0 Å². The van der Waals surface area contributed by atoms with Gasteiger partial charge < -0.3 is 10.1 Å². The summed E-state index contributed by atoms with van der Waals surface area (Å²) in [5, 5.41) is 2.67. The lowest BCUT2D eigenvalue weighted by atomic mass is 10.0. The summed E-state index contributed by atoms with van der Waals surface area (Å²) in [5.74, 6) is 0.266. The first-order valence-electron chi connectivity index (χ1n) is 11.6. The molecule has 196 valence electrons. The number of piperidine rings is 1. The summed E-state index contributed by atoms with van der Waals surface area (Å²) in [5.41, 5.74) is 0.365. The first-order valence-corrected chi connectivity index (χ1v) is 14.6. The Morgan fingerprint density at radius 1 is 0.973 bits per heavy atom. The molecule has 0 aliphatic carbocycles. The summed E-state index contributed by atoms with van der Waals surface area (Å²) in [6, 6.07) is 14.6. The minimum atomic E-state index is -3.87. The Morgan fingerprint density at radius 2 is 1.65 bits per heavy atom. The number of pyridine rings is 1. The number of amides is 1. The highest BCUT2D eigenvalue weighted by atomic mass is 32.2. The van der Waals surface area contributed by atoms with Gasteiger partial charge in [-0.15, -0.1) is 0 Å². The molecular weight excluding hydrogens is 516 g/mol. The number of nitrogens with one attached hydrogen (secondary N) is 2. The molecule has 1 aliphatic rings. The van der Waals surface area contributed by atoms with Crippen molar-refractivity contribution in [2.75, 3.05) is 30.2 Å². The van der Waals surface area contributed by atoms with Gasteiger partial charge in [0.05, 0.1) is 22.5 Å². The van der Waals surface area contributed by atoms with Crippen molar-refractivity contribution in [1.29, 1.82) is 0 Å². The number of anilines is 2. The third kappa shape index (κ3) is 6.09. The Morgan fingerprint density at radius 3 is 2.27 bits per heavy atom. The standard InChI is InChI=1S/C25H28N4O6S2/c1-18-12-15-29(16-13-18)37(33,34)21-10-11-23(35-2)22(17-21)25(30)27-19-6-8-20(9-7-19)36(31,32)28-24-5-3-4-14-26-24/h3-11,14,17-18H,12-13,15-16H2,1-2H3,(H,26,28)(H,27,30). The van der Waals surface area contributed by atoms with Crippen LogP contribution in [0.2, 0.25) is 0 Å². The highest BCUT2D eigenvalue weighted by Crippen LogP contribution is 2.28. The van der Waals surface area contributed by atoms with E-state index in [1.807, 2.05) is 0 Å². The molecule has 2 heterocycles. The van der Waals surface area contributed by atoms with Crippen LogP contribution in [0.15, 0.2) is 76.7 Å². The van der Waals surface area contributed by atoms with Crippen molar-refractivity contribution in [3.05, 3.63) is 72.4 Å². The Kier molecular flexibility index (Phi) is 7.81. The van der Waals surface area contributed by atoms with Gasteiger partial charge in [0, 0.05) is 25.0 Å². The largest absolute Gasteiger partial charge is 0.496 e. The lowest BCUT2D eigenvalue weighted by Gasteiger charge is -2.29. The zero-order chi connectivity index (χ0) is 26.6. The summed E-state index contributed by atoms with van der Waals surface area (Å²) in [7, 11) is -6.25. The Balaban J connectivity index is 1.52. The van der Waals surface area contributed by atoms with E-state index in [-0.39, 0.29) is 26.9 Å². The molecule has 0 bridgehead atoms. The molecule has 0 atom stereocenters. The van der Waals surface area contributed by atoms with E-state index in [1.54, 1.807) is 12.1 Å². The average molecular weight is 545 g/mol. The number of aromatic nitrogens is 1. The number of methoxy groups -OCH3 is 1. The SMILES string of the molecule is COc1ccc(S(=O)(=O)N2CCC(C)CC2)cc1C(=O)Nc1ccc(S(=O)(=O)Nc2ccccn2)cc1. The minimum Gasteiger partial charge on any atom is -0.496 e. The van der Waals surface area contributed by atoms with Gasteiger partial charge in [0.25, 0.3) is 15.9 Å². The van der Waals surface area contributed by atoms with Gasteiger partial charge in [-0.05, 0) is 73.4 Å². The fourth-order valence-corrected chi connectivity index (χ4v) is 6.44. The summed E-state index contributed by atoms with van der Waals surface area (Å²) >= 11 is 0. The van der Waals surface area contributed by atoms with Crippen molar-refractivity contribution in [1.82, 2.24) is 9.29 Å². The summed E-state index contributed by atoms with van der Waals surface area (Å²) in [4.78, 5) is 17.0. The van der Waals surface area contributed by atoms with Crippen LogP contribution in [-0.4, -0.2) is 52.2 Å². The first kappa shape index (κ1) is 26.6. The Bertz CT molecular complexity index is 1470. The van der Waals surface area contributed by atoms with E-state index in [0.29, 0.717) is 24.7 Å². The van der Waals surface area contributed by atoms with E-state index >= 15 is 0 Å². The zero-order valence-electron chi connectivity index (χ0n) is 20.4. The molecule has 1 aromatic heterocycles. The van der Waals surface area contributed by atoms with Crippen molar-refractivity contribution >= 4 is 37.5 Å². The highest BCUT2D eigenvalue weighted by molar-refractivity contribution is 7.92. The number of hydrogen-bond donors (Lipinski definition) is 2. The molecule has 0 saturated carbocycles. The smallest absolute Gasteiger partial charge is 0.263 e. The predicted molar refractivity (Wildman–Crippen MR) is 140 cm³/mol. The number of sulfonamides is 2. The third-order valence-electron chi connectivity index (χ3n) is 6.12. The van der Waals surface area contributed by atoms with Crippen LogP contribution < -0.4 is 14.8 Å². The molecule has 1 aliphatic heterocycles. The molecule has 1 saturated heterocycles. The summed E-state index contributed by atoms with van der Waals surface area (Å²) in [6.45, 7) is 2.96. The molecule has 2 N–H and O–H groups in total. The molecule has 4 rings (SSSR count). The molecule has 37 heavy (non-hydrogen) atoms. The van der Waals surface area contributed by atoms with Crippen LogP contribution in [0.1, 0.15) is 30.1 Å². The van der Waals surface area contributed by atoms with Gasteiger partial charge in [0.1, 0.15) is 11.6 Å². The number of benzene rings is 2. The van der Waals surface area contributed by atoms with Crippen LogP contribution in [0.4, 0.5) is 11.5 Å². The summed E-state index contributed by atoms with van der Waals surface area (Å²) < 4.78 is 60.7. The van der Waals surface area contributed by atoms with Crippen LogP contribution in [0.25, 0.3) is 0 Å². The van der Waals surface area contributed by atoms with Crippen LogP contribution >= 0.6 is 0 Å². The van der Waals surface area contributed by atoms with E-state index in [1.165, 1.54) is 66.1 Å². The Labute approximate surface area is 216 Å². The lowest BCUT2D eigenvalue weighted by molar-refractivity contribution is 0.102. The number of carbonyl (C=O) groups excluding carboxylic acids is 1. The van der Waals surface area contributed by atoms with Gasteiger partial charge in [-0.2, -0.15) is 4.31 Å². The maximum absolute atomic E-state index is 13.2. The van der Waals surface area contributed by atoms with Gasteiger partial charge in [0.2, 0.25) is 10.0 Å². The molecule has 10 nitrogen and oxygen atoms in total. The van der Waals surface area contributed by atoms with Gasteiger partial charge in [-0.1, -0.05) is 13.0 Å². The molecular formula is C25H28N4O6S2. The third-order valence-corrected chi connectivity index (χ3v) is 9.39. The maximum atomic E-state index is 13.2. The average Bonchev–Trinajstić information content (AvgIpc) is 2.89. The van der Waals surface area contributed by atoms with Crippen LogP contribution in [0.3, 0.4) is 0 Å². The predicted octanol–water partition coefficient (Wildman–Crippen LogP) is 3.56. The molecule has 1 amide bonds. The highest BCUT2D eigenvalue weighted by Gasteiger charge is 2.29. The van der Waals surface area contributed by atoms with E-state index in [0.717, 1.165) is 12.8 Å². The van der Waals surface area contributed by atoms with Gasteiger partial charge in [-0.3, -0.25) is 9.52 Å². The quantitative estimate of drug-likeness (QED) is 0.443. The van der Waals surface area contributed by atoms with E-state index in [2.05, 4.69) is 21.9 Å². The van der Waals surface area contributed by atoms with Gasteiger partial charge in [-0.25, -0.2) is 21.8 Å². The topological polar surface area (TPSA) is 135 Å². The minimum absolute atomic E-state index is 0.00930. The van der Waals surface area contributed by atoms with Gasteiger partial charge in [0.15, 0.2) is 0 Å². The second-order valence-electron chi connectivity index (χ2n) is 8.75. The molecule has 3 aromatic rings. The van der Waals surface area contributed by atoms with Gasteiger partial charge >= 0.3 is 0 Å². The second-order valence-corrected chi connectivity index (χ2v) is 12.4. The van der Waals surface area contributed by atoms with E-state index in [4.69, 9.17) is 4.74 Å². The van der Waals surface area contributed by atoms with Crippen molar-refractivity contribution in [3.8, 4) is 5.75 Å². The monoisotopic (exact) mass is 544 g/mol. The van der Waals surface area contributed by atoms with E-state index in [9.17, 15) is 21.6 Å². The molecule has 1 fully saturated rings. The fourth-order valence-electron chi connectivity index (χ4n) is 3.93. The molecule has 2 aromatic carbocycles. The fraction of sp³-hybridized carbons (Fsp3) is 0.280. The lowest BCUT2D eigenvalue weighted by Crippen LogP contribution is -2.37. The van der Waals surface area contributed by atoms with Crippen LogP contribution in [0.5, 0.6) is 5.75 Å². The molecule has 0 unspecified atom stereocenters. The second kappa shape index (κ2) is 10.9. The van der Waals surface area contributed by atoms with Crippen molar-refractivity contribution in [3.63, 3.8) is 0 Å². The van der Waals surface area contributed by atoms with Crippen molar-refractivity contribution < 1.29 is 26.4 Å². The summed E-state index contributed by atoms with van der Waals surface area (Å²) in [6.07, 6.45) is 3.04. The van der Waals surface area contributed by atoms with Crippen LogP contribution in [0, 0.1) is 5.92 Å². The number of carbonyl (C=O) groups is 1.